The number of piperazine rings is 1. The third-order valence-electron chi connectivity index (χ3n) is 3.80. The van der Waals surface area contributed by atoms with E-state index in [1.807, 2.05) is 36.1 Å². The van der Waals surface area contributed by atoms with Gasteiger partial charge in [0.2, 0.25) is 0 Å². The van der Waals surface area contributed by atoms with E-state index in [0.717, 1.165) is 25.1 Å². The summed E-state index contributed by atoms with van der Waals surface area (Å²) in [4.78, 5) is 14.6. The van der Waals surface area contributed by atoms with Crippen LogP contribution >= 0.6 is 24.0 Å². The minimum Gasteiger partial charge on any atom is -0.368 e. The molecule has 0 bridgehead atoms. The van der Waals surface area contributed by atoms with Crippen molar-refractivity contribution in [1.29, 1.82) is 0 Å². The van der Waals surface area contributed by atoms with Gasteiger partial charge in [0, 0.05) is 24.7 Å². The van der Waals surface area contributed by atoms with Gasteiger partial charge >= 0.3 is 0 Å². The molecule has 128 valence electrons. The number of amides is 1. The van der Waals surface area contributed by atoms with Crippen LogP contribution in [0.25, 0.3) is 0 Å². The molecule has 2 atom stereocenters. The molecular formula is C17H24Cl2N2O2. The second-order valence-electron chi connectivity index (χ2n) is 5.40. The average Bonchev–Trinajstić information content (AvgIpc) is 2.54. The fourth-order valence-corrected chi connectivity index (χ4v) is 2.81. The Morgan fingerprint density at radius 1 is 1.61 bits per heavy atom. The van der Waals surface area contributed by atoms with Crippen molar-refractivity contribution in [2.24, 2.45) is 0 Å². The molecule has 1 aliphatic heterocycles. The summed E-state index contributed by atoms with van der Waals surface area (Å²) in [6, 6.07) is 7.67. The molecule has 2 unspecified atom stereocenters. The molecular weight excluding hydrogens is 335 g/mol. The molecule has 0 spiro atoms. The third kappa shape index (κ3) is 5.50. The SMILES string of the molecule is C=CCCOC(C)C(=O)N1CCNCC1c1cccc(Cl)c1.Cl. The maximum Gasteiger partial charge on any atom is 0.252 e. The summed E-state index contributed by atoms with van der Waals surface area (Å²) >= 11 is 6.08. The van der Waals surface area contributed by atoms with Crippen LogP contribution in [-0.4, -0.2) is 43.2 Å². The number of carbonyl (C=O) groups excluding carboxylic acids is 1. The number of carbonyl (C=O) groups is 1. The summed E-state index contributed by atoms with van der Waals surface area (Å²) in [5.74, 6) is 0.0236. The van der Waals surface area contributed by atoms with Crippen molar-refractivity contribution >= 4 is 29.9 Å². The van der Waals surface area contributed by atoms with Crippen LogP contribution in [0.4, 0.5) is 0 Å². The maximum atomic E-state index is 12.7. The van der Waals surface area contributed by atoms with E-state index < -0.39 is 6.10 Å². The van der Waals surface area contributed by atoms with E-state index in [1.165, 1.54) is 0 Å². The summed E-state index contributed by atoms with van der Waals surface area (Å²) in [5.41, 5.74) is 1.05. The number of nitrogens with zero attached hydrogens (tertiary/aromatic N) is 1. The van der Waals surface area contributed by atoms with Crippen LogP contribution in [0.1, 0.15) is 24.9 Å². The van der Waals surface area contributed by atoms with Crippen LogP contribution in [0, 0.1) is 0 Å². The Labute approximate surface area is 149 Å². The first-order chi connectivity index (χ1) is 10.6. The molecule has 2 rings (SSSR count). The van der Waals surface area contributed by atoms with E-state index in [-0.39, 0.29) is 24.4 Å². The molecule has 1 saturated heterocycles. The molecule has 1 aliphatic rings. The Bertz CT molecular complexity index is 525. The fourth-order valence-electron chi connectivity index (χ4n) is 2.61. The predicted octanol–water partition coefficient (Wildman–Crippen LogP) is 3.22. The van der Waals surface area contributed by atoms with Crippen molar-refractivity contribution in [3.8, 4) is 0 Å². The van der Waals surface area contributed by atoms with E-state index in [9.17, 15) is 4.79 Å². The minimum absolute atomic E-state index is 0. The van der Waals surface area contributed by atoms with Crippen LogP contribution < -0.4 is 5.32 Å². The smallest absolute Gasteiger partial charge is 0.252 e. The van der Waals surface area contributed by atoms with Crippen LogP contribution in [0.2, 0.25) is 5.02 Å². The largest absolute Gasteiger partial charge is 0.368 e. The Morgan fingerprint density at radius 3 is 3.09 bits per heavy atom. The number of halogens is 2. The van der Waals surface area contributed by atoms with Crippen molar-refractivity contribution in [3.05, 3.63) is 47.5 Å². The lowest BCUT2D eigenvalue weighted by atomic mass is 10.0. The summed E-state index contributed by atoms with van der Waals surface area (Å²) in [5, 5.41) is 4.02. The van der Waals surface area contributed by atoms with E-state index >= 15 is 0 Å². The van der Waals surface area contributed by atoms with Gasteiger partial charge in [-0.1, -0.05) is 29.8 Å². The van der Waals surface area contributed by atoms with Crippen molar-refractivity contribution in [1.82, 2.24) is 10.2 Å². The van der Waals surface area contributed by atoms with Crippen LogP contribution in [0.3, 0.4) is 0 Å². The van der Waals surface area contributed by atoms with Gasteiger partial charge in [-0.3, -0.25) is 4.79 Å². The van der Waals surface area contributed by atoms with Crippen molar-refractivity contribution in [2.45, 2.75) is 25.5 Å². The quantitative estimate of drug-likeness (QED) is 0.626. The molecule has 0 radical (unpaired) electrons. The monoisotopic (exact) mass is 358 g/mol. The van der Waals surface area contributed by atoms with Crippen molar-refractivity contribution < 1.29 is 9.53 Å². The van der Waals surface area contributed by atoms with Crippen molar-refractivity contribution in [3.63, 3.8) is 0 Å². The summed E-state index contributed by atoms with van der Waals surface area (Å²) in [6.45, 7) is 8.18. The van der Waals surface area contributed by atoms with Gasteiger partial charge in [0.1, 0.15) is 6.10 Å². The minimum atomic E-state index is -0.445. The summed E-state index contributed by atoms with van der Waals surface area (Å²) < 4.78 is 5.60. The molecule has 1 aromatic rings. The first-order valence-electron chi connectivity index (χ1n) is 7.62. The maximum absolute atomic E-state index is 12.7. The second-order valence-corrected chi connectivity index (χ2v) is 5.83. The molecule has 1 N–H and O–H groups in total. The third-order valence-corrected chi connectivity index (χ3v) is 4.03. The van der Waals surface area contributed by atoms with Gasteiger partial charge in [0.25, 0.3) is 5.91 Å². The highest BCUT2D eigenvalue weighted by Crippen LogP contribution is 2.25. The normalized spacial score (nSPS) is 18.9. The van der Waals surface area contributed by atoms with Gasteiger partial charge < -0.3 is 15.0 Å². The van der Waals surface area contributed by atoms with Crippen molar-refractivity contribution in [2.75, 3.05) is 26.2 Å². The topological polar surface area (TPSA) is 41.6 Å². The fraction of sp³-hybridized carbons (Fsp3) is 0.471. The number of ether oxygens (including phenoxy) is 1. The van der Waals surface area contributed by atoms with Crippen LogP contribution in [0.15, 0.2) is 36.9 Å². The molecule has 0 saturated carbocycles. The number of benzene rings is 1. The van der Waals surface area contributed by atoms with E-state index in [2.05, 4.69) is 11.9 Å². The standard InChI is InChI=1S/C17H23ClN2O2.ClH/c1-3-4-10-22-13(2)17(21)20-9-8-19-12-16(20)14-6-5-7-15(18)11-14;/h3,5-7,11,13,16,19H,1,4,8-10,12H2,2H3;1H. The van der Waals surface area contributed by atoms with E-state index in [0.29, 0.717) is 18.2 Å². The Balaban J connectivity index is 0.00000264. The lowest BCUT2D eigenvalue weighted by Gasteiger charge is -2.38. The molecule has 6 heteroatoms. The highest BCUT2D eigenvalue weighted by molar-refractivity contribution is 6.30. The zero-order valence-corrected chi connectivity index (χ0v) is 14.9. The predicted molar refractivity (Wildman–Crippen MR) is 96.3 cm³/mol. The van der Waals surface area contributed by atoms with Gasteiger partial charge in [-0.25, -0.2) is 0 Å². The molecule has 0 aromatic heterocycles. The van der Waals surface area contributed by atoms with E-state index in [1.54, 1.807) is 6.08 Å². The highest BCUT2D eigenvalue weighted by Gasteiger charge is 2.30. The molecule has 1 heterocycles. The molecule has 0 aliphatic carbocycles. The Kier molecular flexibility index (Phi) is 8.63. The lowest BCUT2D eigenvalue weighted by molar-refractivity contribution is -0.146. The lowest BCUT2D eigenvalue weighted by Crippen LogP contribution is -2.51. The molecule has 1 fully saturated rings. The molecule has 4 nitrogen and oxygen atoms in total. The van der Waals surface area contributed by atoms with Crippen LogP contribution in [0.5, 0.6) is 0 Å². The van der Waals surface area contributed by atoms with Gasteiger partial charge in [-0.15, -0.1) is 19.0 Å². The Morgan fingerprint density at radius 2 is 2.39 bits per heavy atom. The zero-order chi connectivity index (χ0) is 15.9. The number of hydrogen-bond acceptors (Lipinski definition) is 3. The Hall–Kier alpha value is -1.07. The van der Waals surface area contributed by atoms with Gasteiger partial charge in [-0.2, -0.15) is 0 Å². The molecule has 1 aromatic carbocycles. The summed E-state index contributed by atoms with van der Waals surface area (Å²) in [7, 11) is 0. The van der Waals surface area contributed by atoms with Gasteiger partial charge in [0.15, 0.2) is 0 Å². The van der Waals surface area contributed by atoms with Gasteiger partial charge in [-0.05, 0) is 31.0 Å². The van der Waals surface area contributed by atoms with Crippen LogP contribution in [-0.2, 0) is 9.53 Å². The summed E-state index contributed by atoms with van der Waals surface area (Å²) in [6.07, 6.45) is 2.09. The van der Waals surface area contributed by atoms with E-state index in [4.69, 9.17) is 16.3 Å². The number of nitrogens with one attached hydrogen (secondary N) is 1. The first kappa shape index (κ1) is 20.0. The first-order valence-corrected chi connectivity index (χ1v) is 8.00. The second kappa shape index (κ2) is 9.93. The van der Waals surface area contributed by atoms with Gasteiger partial charge in [0.05, 0.1) is 12.6 Å². The number of hydrogen-bond donors (Lipinski definition) is 1. The zero-order valence-electron chi connectivity index (χ0n) is 13.3. The highest BCUT2D eigenvalue weighted by atomic mass is 35.5. The molecule has 1 amide bonds. The molecule has 23 heavy (non-hydrogen) atoms. The number of rotatable bonds is 6. The average molecular weight is 359 g/mol.